The Morgan fingerprint density at radius 3 is 3.06 bits per heavy atom. The van der Waals surface area contributed by atoms with Crippen LogP contribution in [-0.2, 0) is 0 Å². The molecule has 1 N–H and O–H groups in total. The lowest BCUT2D eigenvalue weighted by molar-refractivity contribution is 0.266. The Hall–Kier alpha value is -2.74. The summed E-state index contributed by atoms with van der Waals surface area (Å²) in [6, 6.07) is 4.60. The van der Waals surface area contributed by atoms with E-state index in [4.69, 9.17) is 21.3 Å². The van der Waals surface area contributed by atoms with Crippen LogP contribution < -0.4 is 20.8 Å². The smallest absolute Gasteiger partial charge is 0.319 e. The maximum absolute atomic E-state index is 6.34. The number of anilines is 1. The lowest BCUT2D eigenvalue weighted by atomic mass is 10.1. The summed E-state index contributed by atoms with van der Waals surface area (Å²) in [5, 5.41) is 12.0. The third kappa shape index (κ3) is 4.49. The van der Waals surface area contributed by atoms with Gasteiger partial charge in [-0.3, -0.25) is 15.0 Å². The summed E-state index contributed by atoms with van der Waals surface area (Å²) < 4.78 is 5.94. The minimum atomic E-state index is 0.302. The largest absolute Gasteiger partial charge is 0.463 e. The normalized spacial score (nSPS) is 26.1. The first-order valence-electron chi connectivity index (χ1n) is 10.7. The van der Waals surface area contributed by atoms with Crippen molar-refractivity contribution >= 4 is 29.7 Å². The number of nitrogens with zero attached hydrogens (tertiary/aromatic N) is 6. The third-order valence-corrected chi connectivity index (χ3v) is 6.51. The second-order valence-electron chi connectivity index (χ2n) is 8.53. The second-order valence-corrected chi connectivity index (χ2v) is 8.89. The summed E-state index contributed by atoms with van der Waals surface area (Å²) in [4.78, 5) is 18.1. The van der Waals surface area contributed by atoms with E-state index in [0.717, 1.165) is 42.2 Å². The summed E-state index contributed by atoms with van der Waals surface area (Å²) in [5.41, 5.74) is 0.824. The number of pyridine rings is 1. The summed E-state index contributed by atoms with van der Waals surface area (Å²) >= 11 is 6.34. The molecule has 2 aromatic heterocycles. The average molecular weight is 440 g/mol. The minimum absolute atomic E-state index is 0.302. The third-order valence-electron chi connectivity index (χ3n) is 6.14. The highest BCUT2D eigenvalue weighted by Gasteiger charge is 2.43. The number of nitrogens with one attached hydrogen (secondary N) is 1. The van der Waals surface area contributed by atoms with Crippen molar-refractivity contribution < 1.29 is 4.74 Å². The molecule has 3 aliphatic rings. The van der Waals surface area contributed by atoms with Crippen LogP contribution in [0.3, 0.4) is 0 Å². The first-order chi connectivity index (χ1) is 15.1. The van der Waals surface area contributed by atoms with Gasteiger partial charge in [0.1, 0.15) is 11.0 Å². The van der Waals surface area contributed by atoms with Crippen LogP contribution >= 0.6 is 11.6 Å². The molecule has 162 valence electrons. The van der Waals surface area contributed by atoms with Gasteiger partial charge in [0.2, 0.25) is 0 Å². The topological polar surface area (TPSA) is 87.9 Å². The molecule has 5 rings (SSSR count). The molecule has 4 atom stereocenters. The van der Waals surface area contributed by atoms with Crippen molar-refractivity contribution in [1.82, 2.24) is 20.0 Å². The van der Waals surface area contributed by atoms with E-state index in [1.54, 1.807) is 0 Å². The van der Waals surface area contributed by atoms with Crippen LogP contribution in [0.5, 0.6) is 6.01 Å². The van der Waals surface area contributed by atoms with Gasteiger partial charge in [-0.05, 0) is 43.7 Å². The van der Waals surface area contributed by atoms with Crippen molar-refractivity contribution in [2.45, 2.75) is 25.8 Å². The quantitative estimate of drug-likeness (QED) is 0.660. The summed E-state index contributed by atoms with van der Waals surface area (Å²) in [6.45, 7) is 4.12. The highest BCUT2D eigenvalue weighted by molar-refractivity contribution is 6.30. The van der Waals surface area contributed by atoms with Gasteiger partial charge in [-0.1, -0.05) is 17.7 Å². The highest BCUT2D eigenvalue weighted by Crippen LogP contribution is 2.44. The van der Waals surface area contributed by atoms with Gasteiger partial charge >= 0.3 is 6.01 Å². The zero-order valence-corrected chi connectivity index (χ0v) is 18.5. The van der Waals surface area contributed by atoms with E-state index in [0.29, 0.717) is 47.4 Å². The zero-order chi connectivity index (χ0) is 21.4. The monoisotopic (exact) mass is 439 g/mol. The minimum Gasteiger partial charge on any atom is -0.463 e. The van der Waals surface area contributed by atoms with Crippen LogP contribution in [0.2, 0.25) is 5.15 Å². The van der Waals surface area contributed by atoms with Crippen LogP contribution in [0.15, 0.2) is 28.4 Å². The Labute approximate surface area is 186 Å². The standard InChI is InChI=1S/C22H26ClN7O/c1-13-20(23)28-22(29-21(13)25-9-14-10-26-30(2)11-14)31-12-15-8-16(15)17-5-6-18-19(27-17)4-3-7-24-18/h3-4,6-7,10,14-17H,5,8-9,11-12H2,1-2H3,(H,25,28,29)/t14?,15-,16+,17?/m0/s1. The molecule has 0 aromatic carbocycles. The van der Waals surface area contributed by atoms with Crippen LogP contribution in [0.25, 0.3) is 6.08 Å². The second kappa shape index (κ2) is 8.42. The van der Waals surface area contributed by atoms with E-state index in [2.05, 4.69) is 31.4 Å². The first-order valence-corrected chi connectivity index (χ1v) is 11.1. The van der Waals surface area contributed by atoms with E-state index in [1.807, 2.05) is 43.5 Å². The van der Waals surface area contributed by atoms with Crippen molar-refractivity contribution in [3.05, 3.63) is 39.8 Å². The average Bonchev–Trinajstić information content (AvgIpc) is 3.44. The zero-order valence-electron chi connectivity index (χ0n) is 17.7. The number of rotatable bonds is 7. The molecule has 0 radical (unpaired) electrons. The van der Waals surface area contributed by atoms with Gasteiger partial charge in [-0.15, -0.1) is 0 Å². The number of ether oxygens (including phenoxy) is 1. The molecule has 0 amide bonds. The van der Waals surface area contributed by atoms with Gasteiger partial charge < -0.3 is 10.1 Å². The molecule has 0 saturated heterocycles. The van der Waals surface area contributed by atoms with Crippen molar-refractivity contribution in [3.63, 3.8) is 0 Å². The molecule has 2 aliphatic heterocycles. The first kappa shape index (κ1) is 20.2. The molecule has 8 nitrogen and oxygen atoms in total. The fourth-order valence-corrected chi connectivity index (χ4v) is 4.38. The SMILES string of the molecule is Cc1c(Cl)nc(OC[C@@H]2C[C@H]2C2CC=c3ncccc3=N2)nc1NCC1C=NN(C)C1. The van der Waals surface area contributed by atoms with E-state index in [1.165, 1.54) is 0 Å². The number of hydrogen-bond donors (Lipinski definition) is 1. The van der Waals surface area contributed by atoms with Crippen LogP contribution in [0.4, 0.5) is 5.82 Å². The Bertz CT molecular complexity index is 1120. The highest BCUT2D eigenvalue weighted by atomic mass is 35.5. The molecule has 4 heterocycles. The lowest BCUT2D eigenvalue weighted by Crippen LogP contribution is -2.34. The van der Waals surface area contributed by atoms with E-state index < -0.39 is 0 Å². The Balaban J connectivity index is 1.18. The molecule has 9 heteroatoms. The van der Waals surface area contributed by atoms with E-state index >= 15 is 0 Å². The van der Waals surface area contributed by atoms with Gasteiger partial charge in [-0.25, -0.2) is 0 Å². The molecule has 31 heavy (non-hydrogen) atoms. The number of fused-ring (bicyclic) bond motifs is 1. The molecule has 0 spiro atoms. The van der Waals surface area contributed by atoms with E-state index in [-0.39, 0.29) is 0 Å². The molecular formula is C22H26ClN7O. The van der Waals surface area contributed by atoms with Crippen molar-refractivity contribution in [2.75, 3.05) is 32.1 Å². The van der Waals surface area contributed by atoms with Gasteiger partial charge in [0.05, 0.1) is 23.4 Å². The lowest BCUT2D eigenvalue weighted by Gasteiger charge is -2.15. The maximum atomic E-state index is 6.34. The van der Waals surface area contributed by atoms with Gasteiger partial charge in [0.25, 0.3) is 0 Å². The summed E-state index contributed by atoms with van der Waals surface area (Å²) in [5.74, 6) is 2.05. The Morgan fingerprint density at radius 2 is 2.23 bits per heavy atom. The maximum Gasteiger partial charge on any atom is 0.319 e. The molecule has 2 unspecified atom stereocenters. The number of hydrazone groups is 1. The predicted molar refractivity (Wildman–Crippen MR) is 120 cm³/mol. The number of halogens is 1. The number of aromatic nitrogens is 3. The number of hydrogen-bond acceptors (Lipinski definition) is 8. The Kier molecular flexibility index (Phi) is 5.48. The fourth-order valence-electron chi connectivity index (χ4n) is 4.22. The van der Waals surface area contributed by atoms with Crippen LogP contribution in [-0.4, -0.2) is 59.0 Å². The van der Waals surface area contributed by atoms with Gasteiger partial charge in [0.15, 0.2) is 0 Å². The fraction of sp³-hybridized carbons (Fsp3) is 0.500. The van der Waals surface area contributed by atoms with Gasteiger partial charge in [-0.2, -0.15) is 15.1 Å². The Morgan fingerprint density at radius 1 is 1.32 bits per heavy atom. The van der Waals surface area contributed by atoms with Crippen molar-refractivity contribution in [3.8, 4) is 6.01 Å². The van der Waals surface area contributed by atoms with E-state index in [9.17, 15) is 0 Å². The molecule has 0 bridgehead atoms. The van der Waals surface area contributed by atoms with Crippen molar-refractivity contribution in [2.24, 2.45) is 27.8 Å². The van der Waals surface area contributed by atoms with Crippen molar-refractivity contribution in [1.29, 1.82) is 0 Å². The molecule has 1 aliphatic carbocycles. The van der Waals surface area contributed by atoms with Gasteiger partial charge in [0, 0.05) is 44.0 Å². The molecule has 1 saturated carbocycles. The summed E-state index contributed by atoms with van der Waals surface area (Å²) in [7, 11) is 1.97. The van der Waals surface area contributed by atoms with Crippen LogP contribution in [0.1, 0.15) is 18.4 Å². The van der Waals surface area contributed by atoms with Crippen LogP contribution in [0, 0.1) is 24.7 Å². The predicted octanol–water partition coefficient (Wildman–Crippen LogP) is 1.68. The molecular weight excluding hydrogens is 414 g/mol. The molecule has 1 fully saturated rings. The molecule has 2 aromatic rings. The summed E-state index contributed by atoms with van der Waals surface area (Å²) in [6.07, 6.45) is 8.01.